The molecule has 152 valence electrons. The standard InChI is InChI=1S/C22H25F2N5/c1-2-16-6-3-4-7-17(16)14-26-21-18-8-5-11-25-20(18)27-19(28-21)15-29-12-9-22(23,24)10-13-29/h3-8,11H,2,9-10,12-15H2,1H3,(H,25,26,27,28). The van der Waals surface area contributed by atoms with E-state index >= 15 is 0 Å². The summed E-state index contributed by atoms with van der Waals surface area (Å²) in [5.74, 6) is -1.22. The second kappa shape index (κ2) is 8.37. The van der Waals surface area contributed by atoms with Crippen LogP contribution in [0.4, 0.5) is 14.6 Å². The Morgan fingerprint density at radius 2 is 1.79 bits per heavy atom. The van der Waals surface area contributed by atoms with Gasteiger partial charge in [0.1, 0.15) is 11.6 Å². The van der Waals surface area contributed by atoms with E-state index in [1.54, 1.807) is 6.20 Å². The van der Waals surface area contributed by atoms with Crippen LogP contribution in [0.25, 0.3) is 11.0 Å². The lowest BCUT2D eigenvalue weighted by Crippen LogP contribution is -2.39. The largest absolute Gasteiger partial charge is 0.365 e. The van der Waals surface area contributed by atoms with Gasteiger partial charge in [0.05, 0.1) is 11.9 Å². The number of anilines is 1. The number of hydrogen-bond acceptors (Lipinski definition) is 5. The molecule has 5 nitrogen and oxygen atoms in total. The summed E-state index contributed by atoms with van der Waals surface area (Å²) in [6.45, 7) is 3.94. The molecule has 1 N–H and O–H groups in total. The lowest BCUT2D eigenvalue weighted by molar-refractivity contribution is -0.0570. The van der Waals surface area contributed by atoms with Crippen LogP contribution in [0.2, 0.25) is 0 Å². The fourth-order valence-electron chi connectivity index (χ4n) is 3.70. The van der Waals surface area contributed by atoms with Gasteiger partial charge in [0.2, 0.25) is 0 Å². The Bertz CT molecular complexity index is 982. The highest BCUT2D eigenvalue weighted by Gasteiger charge is 2.34. The summed E-state index contributed by atoms with van der Waals surface area (Å²) in [4.78, 5) is 15.6. The summed E-state index contributed by atoms with van der Waals surface area (Å²) in [5.41, 5.74) is 3.14. The molecule has 7 heteroatoms. The Labute approximate surface area is 169 Å². The molecule has 1 aliphatic heterocycles. The highest BCUT2D eigenvalue weighted by Crippen LogP contribution is 2.28. The number of likely N-dealkylation sites (tertiary alicyclic amines) is 1. The van der Waals surface area contributed by atoms with E-state index in [2.05, 4.69) is 34.3 Å². The maximum Gasteiger partial charge on any atom is 0.250 e. The third-order valence-electron chi connectivity index (χ3n) is 5.42. The second-order valence-electron chi connectivity index (χ2n) is 7.47. The highest BCUT2D eigenvalue weighted by molar-refractivity contribution is 5.86. The third kappa shape index (κ3) is 4.67. The van der Waals surface area contributed by atoms with Gasteiger partial charge in [0, 0.05) is 38.7 Å². The molecule has 29 heavy (non-hydrogen) atoms. The van der Waals surface area contributed by atoms with Crippen molar-refractivity contribution in [1.82, 2.24) is 19.9 Å². The van der Waals surface area contributed by atoms with Gasteiger partial charge in [-0.3, -0.25) is 4.90 Å². The van der Waals surface area contributed by atoms with Gasteiger partial charge in [-0.2, -0.15) is 0 Å². The van der Waals surface area contributed by atoms with Crippen molar-refractivity contribution >= 4 is 16.9 Å². The van der Waals surface area contributed by atoms with Crippen molar-refractivity contribution in [2.24, 2.45) is 0 Å². The third-order valence-corrected chi connectivity index (χ3v) is 5.42. The minimum Gasteiger partial charge on any atom is -0.365 e. The molecule has 1 aliphatic rings. The summed E-state index contributed by atoms with van der Waals surface area (Å²) in [6, 6.07) is 12.1. The highest BCUT2D eigenvalue weighted by atomic mass is 19.3. The van der Waals surface area contributed by atoms with Crippen molar-refractivity contribution in [2.45, 2.75) is 45.2 Å². The normalized spacial score (nSPS) is 16.8. The molecule has 0 spiro atoms. The zero-order valence-electron chi connectivity index (χ0n) is 16.5. The first-order chi connectivity index (χ1) is 14.0. The Morgan fingerprint density at radius 1 is 1.03 bits per heavy atom. The first kappa shape index (κ1) is 19.6. The molecule has 3 heterocycles. The Morgan fingerprint density at radius 3 is 2.55 bits per heavy atom. The quantitative estimate of drug-likeness (QED) is 0.667. The van der Waals surface area contributed by atoms with Crippen molar-refractivity contribution in [1.29, 1.82) is 0 Å². The number of rotatable bonds is 6. The maximum absolute atomic E-state index is 13.4. The van der Waals surface area contributed by atoms with E-state index in [0.717, 1.165) is 17.6 Å². The Kier molecular flexibility index (Phi) is 5.67. The molecular weight excluding hydrogens is 372 g/mol. The number of nitrogens with zero attached hydrogens (tertiary/aromatic N) is 4. The number of aromatic nitrogens is 3. The molecule has 1 saturated heterocycles. The van der Waals surface area contributed by atoms with Crippen molar-refractivity contribution in [3.8, 4) is 0 Å². The Balaban J connectivity index is 1.56. The minimum atomic E-state index is -2.55. The van der Waals surface area contributed by atoms with Crippen molar-refractivity contribution in [3.63, 3.8) is 0 Å². The van der Waals surface area contributed by atoms with E-state index in [9.17, 15) is 8.78 Å². The van der Waals surface area contributed by atoms with Crippen LogP contribution in [0.1, 0.15) is 36.7 Å². The van der Waals surface area contributed by atoms with E-state index in [1.807, 2.05) is 29.2 Å². The van der Waals surface area contributed by atoms with Gasteiger partial charge in [-0.25, -0.2) is 23.7 Å². The molecule has 1 aromatic carbocycles. The summed E-state index contributed by atoms with van der Waals surface area (Å²) in [6.07, 6.45) is 2.45. The zero-order valence-corrected chi connectivity index (χ0v) is 16.5. The van der Waals surface area contributed by atoms with Crippen LogP contribution in [-0.4, -0.2) is 38.9 Å². The number of nitrogens with one attached hydrogen (secondary N) is 1. The number of fused-ring (bicyclic) bond motifs is 1. The Hall–Kier alpha value is -2.67. The van der Waals surface area contributed by atoms with Gasteiger partial charge < -0.3 is 5.32 Å². The summed E-state index contributed by atoms with van der Waals surface area (Å²) >= 11 is 0. The number of aryl methyl sites for hydroxylation is 1. The molecule has 0 aliphatic carbocycles. The fourth-order valence-corrected chi connectivity index (χ4v) is 3.70. The van der Waals surface area contributed by atoms with Gasteiger partial charge in [-0.05, 0) is 29.7 Å². The summed E-state index contributed by atoms with van der Waals surface area (Å²) in [5, 5.41) is 4.30. The fraction of sp³-hybridized carbons (Fsp3) is 0.409. The van der Waals surface area contributed by atoms with Gasteiger partial charge in [-0.15, -0.1) is 0 Å². The number of halogens is 2. The van der Waals surface area contributed by atoms with Crippen molar-refractivity contribution in [2.75, 3.05) is 18.4 Å². The topological polar surface area (TPSA) is 53.9 Å². The zero-order chi connectivity index (χ0) is 20.3. The molecule has 0 saturated carbocycles. The molecule has 1 fully saturated rings. The number of alkyl halides is 2. The number of pyridine rings is 1. The van der Waals surface area contributed by atoms with Gasteiger partial charge >= 0.3 is 0 Å². The molecule has 0 bridgehead atoms. The SMILES string of the molecule is CCc1ccccc1CNc1nc(CN2CCC(F)(F)CC2)nc2ncccc12. The molecule has 0 unspecified atom stereocenters. The van der Waals surface area contributed by atoms with Gasteiger partial charge in [0.25, 0.3) is 5.92 Å². The van der Waals surface area contributed by atoms with E-state index in [4.69, 9.17) is 4.98 Å². The first-order valence-electron chi connectivity index (χ1n) is 10.1. The minimum absolute atomic E-state index is 0.113. The second-order valence-corrected chi connectivity index (χ2v) is 7.47. The van der Waals surface area contributed by atoms with Crippen LogP contribution >= 0.6 is 0 Å². The number of benzene rings is 1. The number of hydrogen-bond donors (Lipinski definition) is 1. The predicted molar refractivity (Wildman–Crippen MR) is 110 cm³/mol. The molecule has 0 amide bonds. The van der Waals surface area contributed by atoms with E-state index in [1.165, 1.54) is 11.1 Å². The average Bonchev–Trinajstić information content (AvgIpc) is 2.73. The predicted octanol–water partition coefficient (Wildman–Crippen LogP) is 4.43. The van der Waals surface area contributed by atoms with Crippen LogP contribution in [0, 0.1) is 0 Å². The van der Waals surface area contributed by atoms with Crippen LogP contribution in [-0.2, 0) is 19.5 Å². The van der Waals surface area contributed by atoms with Gasteiger partial charge in [-0.1, -0.05) is 31.2 Å². The first-order valence-corrected chi connectivity index (χ1v) is 10.1. The average molecular weight is 397 g/mol. The van der Waals surface area contributed by atoms with Crippen LogP contribution < -0.4 is 5.32 Å². The molecule has 3 aromatic rings. The van der Waals surface area contributed by atoms with Crippen LogP contribution in [0.15, 0.2) is 42.6 Å². The molecule has 4 rings (SSSR count). The van der Waals surface area contributed by atoms with E-state index < -0.39 is 5.92 Å². The van der Waals surface area contributed by atoms with E-state index in [-0.39, 0.29) is 12.8 Å². The molecule has 0 atom stereocenters. The van der Waals surface area contributed by atoms with Crippen molar-refractivity contribution < 1.29 is 8.78 Å². The lowest BCUT2D eigenvalue weighted by Gasteiger charge is -2.31. The maximum atomic E-state index is 13.4. The van der Waals surface area contributed by atoms with Crippen LogP contribution in [0.5, 0.6) is 0 Å². The van der Waals surface area contributed by atoms with E-state index in [0.29, 0.717) is 37.7 Å². The van der Waals surface area contributed by atoms with Crippen LogP contribution in [0.3, 0.4) is 0 Å². The smallest absolute Gasteiger partial charge is 0.250 e. The lowest BCUT2D eigenvalue weighted by atomic mass is 10.1. The van der Waals surface area contributed by atoms with Gasteiger partial charge in [0.15, 0.2) is 5.65 Å². The summed E-state index contributed by atoms with van der Waals surface area (Å²) < 4.78 is 26.9. The molecule has 0 radical (unpaired) electrons. The molecule has 2 aromatic heterocycles. The summed E-state index contributed by atoms with van der Waals surface area (Å²) in [7, 11) is 0. The van der Waals surface area contributed by atoms with Crippen molar-refractivity contribution in [3.05, 3.63) is 59.5 Å². The number of piperidine rings is 1. The monoisotopic (exact) mass is 397 g/mol. The molecular formula is C22H25F2N5.